The van der Waals surface area contributed by atoms with Crippen molar-refractivity contribution in [2.75, 3.05) is 0 Å². The van der Waals surface area contributed by atoms with Crippen LogP contribution < -0.4 is 5.32 Å². The summed E-state index contributed by atoms with van der Waals surface area (Å²) in [4.78, 5) is 4.25. The van der Waals surface area contributed by atoms with Gasteiger partial charge in [-0.2, -0.15) is 0 Å². The number of halogens is 1. The molecule has 1 aromatic heterocycles. The number of benzene rings is 1. The van der Waals surface area contributed by atoms with Crippen LogP contribution in [-0.2, 0) is 6.54 Å². The maximum absolute atomic E-state index is 12.9. The van der Waals surface area contributed by atoms with Crippen molar-refractivity contribution < 1.29 is 9.50 Å². The number of nitrogens with zero attached hydrogens (tertiary/aromatic N) is 1. The molecule has 112 valence electrons. The molecule has 0 unspecified atom stereocenters. The third kappa shape index (κ3) is 4.62. The zero-order valence-electron chi connectivity index (χ0n) is 12.4. The number of hydrogen-bond donors (Lipinski definition) is 2. The molecule has 0 bridgehead atoms. The van der Waals surface area contributed by atoms with Crippen LogP contribution in [-0.4, -0.2) is 16.1 Å². The maximum Gasteiger partial charge on any atom is 0.123 e. The second-order valence-electron chi connectivity index (χ2n) is 5.33. The molecule has 0 fully saturated rings. The minimum absolute atomic E-state index is 0.143. The summed E-state index contributed by atoms with van der Waals surface area (Å²) in [5.41, 5.74) is 2.90. The van der Waals surface area contributed by atoms with Gasteiger partial charge in [-0.05, 0) is 49.6 Å². The van der Waals surface area contributed by atoms with E-state index in [1.165, 1.54) is 12.1 Å². The summed E-state index contributed by atoms with van der Waals surface area (Å²) >= 11 is 0. The number of nitrogens with one attached hydrogen (secondary N) is 1. The van der Waals surface area contributed by atoms with Crippen LogP contribution in [0.1, 0.15) is 36.3 Å². The summed E-state index contributed by atoms with van der Waals surface area (Å²) in [5, 5.41) is 13.5. The second-order valence-corrected chi connectivity index (χ2v) is 5.33. The van der Waals surface area contributed by atoms with Gasteiger partial charge in [-0.25, -0.2) is 4.39 Å². The SMILES string of the molecule is Cc1ncccc1CN[C@H](C)C[C@H](O)c1ccc(F)cc1. The number of hydrogen-bond acceptors (Lipinski definition) is 3. The van der Waals surface area contributed by atoms with E-state index in [1.54, 1.807) is 18.3 Å². The lowest BCUT2D eigenvalue weighted by atomic mass is 10.0. The van der Waals surface area contributed by atoms with E-state index in [1.807, 2.05) is 26.0 Å². The highest BCUT2D eigenvalue weighted by atomic mass is 19.1. The van der Waals surface area contributed by atoms with Gasteiger partial charge in [0.1, 0.15) is 5.82 Å². The highest BCUT2D eigenvalue weighted by Gasteiger charge is 2.12. The third-order valence-corrected chi connectivity index (χ3v) is 3.59. The van der Waals surface area contributed by atoms with Crippen LogP contribution in [0.25, 0.3) is 0 Å². The molecule has 0 aliphatic heterocycles. The molecule has 0 spiro atoms. The quantitative estimate of drug-likeness (QED) is 0.858. The van der Waals surface area contributed by atoms with Gasteiger partial charge >= 0.3 is 0 Å². The average Bonchev–Trinajstić information content (AvgIpc) is 2.47. The first-order valence-electron chi connectivity index (χ1n) is 7.13. The summed E-state index contributed by atoms with van der Waals surface area (Å²) < 4.78 is 12.9. The van der Waals surface area contributed by atoms with Gasteiger partial charge in [-0.1, -0.05) is 18.2 Å². The molecular weight excluding hydrogens is 267 g/mol. The van der Waals surface area contributed by atoms with E-state index >= 15 is 0 Å². The van der Waals surface area contributed by atoms with Crippen molar-refractivity contribution in [3.05, 3.63) is 65.2 Å². The molecule has 0 aliphatic rings. The molecule has 2 aromatic rings. The summed E-state index contributed by atoms with van der Waals surface area (Å²) in [6, 6.07) is 10.1. The smallest absolute Gasteiger partial charge is 0.123 e. The number of pyridine rings is 1. The fourth-order valence-corrected chi connectivity index (χ4v) is 2.23. The zero-order chi connectivity index (χ0) is 15.2. The van der Waals surface area contributed by atoms with Gasteiger partial charge in [0, 0.05) is 24.5 Å². The molecule has 1 aromatic carbocycles. The number of aliphatic hydroxyl groups is 1. The lowest BCUT2D eigenvalue weighted by molar-refractivity contribution is 0.153. The Bertz CT molecular complexity index is 571. The van der Waals surface area contributed by atoms with E-state index in [-0.39, 0.29) is 11.9 Å². The van der Waals surface area contributed by atoms with E-state index in [0.717, 1.165) is 23.4 Å². The first-order chi connectivity index (χ1) is 10.1. The van der Waals surface area contributed by atoms with E-state index in [4.69, 9.17) is 0 Å². The number of aryl methyl sites for hydroxylation is 1. The molecule has 2 rings (SSSR count). The van der Waals surface area contributed by atoms with Crippen LogP contribution in [0.4, 0.5) is 4.39 Å². The minimum Gasteiger partial charge on any atom is -0.388 e. The molecule has 0 amide bonds. The summed E-state index contributed by atoms with van der Waals surface area (Å²) in [6.07, 6.45) is 1.76. The van der Waals surface area contributed by atoms with Crippen LogP contribution >= 0.6 is 0 Å². The molecule has 2 atom stereocenters. The van der Waals surface area contributed by atoms with Crippen molar-refractivity contribution >= 4 is 0 Å². The van der Waals surface area contributed by atoms with E-state index < -0.39 is 6.10 Å². The summed E-state index contributed by atoms with van der Waals surface area (Å²) in [6.45, 7) is 4.73. The summed E-state index contributed by atoms with van der Waals surface area (Å²) in [7, 11) is 0. The zero-order valence-corrected chi connectivity index (χ0v) is 12.4. The fraction of sp³-hybridized carbons (Fsp3) is 0.353. The van der Waals surface area contributed by atoms with Crippen LogP contribution in [0, 0.1) is 12.7 Å². The minimum atomic E-state index is -0.594. The molecule has 1 heterocycles. The van der Waals surface area contributed by atoms with E-state index in [9.17, 15) is 9.50 Å². The predicted octanol–water partition coefficient (Wildman–Crippen LogP) is 3.13. The molecule has 0 radical (unpaired) electrons. The van der Waals surface area contributed by atoms with Gasteiger partial charge in [0.05, 0.1) is 6.10 Å². The van der Waals surface area contributed by atoms with Gasteiger partial charge in [0.25, 0.3) is 0 Å². The molecule has 21 heavy (non-hydrogen) atoms. The second kappa shape index (κ2) is 7.29. The van der Waals surface area contributed by atoms with Gasteiger partial charge in [-0.3, -0.25) is 4.98 Å². The highest BCUT2D eigenvalue weighted by molar-refractivity contribution is 5.19. The Morgan fingerprint density at radius 2 is 1.95 bits per heavy atom. The Hall–Kier alpha value is -1.78. The van der Waals surface area contributed by atoms with Gasteiger partial charge < -0.3 is 10.4 Å². The van der Waals surface area contributed by atoms with Crippen molar-refractivity contribution in [3.63, 3.8) is 0 Å². The maximum atomic E-state index is 12.9. The van der Waals surface area contributed by atoms with Crippen LogP contribution in [0.15, 0.2) is 42.6 Å². The Labute approximate surface area is 124 Å². The van der Waals surface area contributed by atoms with Crippen molar-refractivity contribution in [3.8, 4) is 0 Å². The van der Waals surface area contributed by atoms with Crippen molar-refractivity contribution in [1.82, 2.24) is 10.3 Å². The Morgan fingerprint density at radius 3 is 2.62 bits per heavy atom. The molecule has 2 N–H and O–H groups in total. The van der Waals surface area contributed by atoms with E-state index in [0.29, 0.717) is 6.42 Å². The highest BCUT2D eigenvalue weighted by Crippen LogP contribution is 2.18. The van der Waals surface area contributed by atoms with Crippen LogP contribution in [0.5, 0.6) is 0 Å². The normalized spacial score (nSPS) is 13.9. The van der Waals surface area contributed by atoms with Gasteiger partial charge in [-0.15, -0.1) is 0 Å². The molecule has 0 saturated heterocycles. The molecule has 0 aliphatic carbocycles. The topological polar surface area (TPSA) is 45.2 Å². The van der Waals surface area contributed by atoms with Crippen molar-refractivity contribution in [2.45, 2.75) is 39.0 Å². The molecule has 4 heteroatoms. The van der Waals surface area contributed by atoms with Crippen molar-refractivity contribution in [2.24, 2.45) is 0 Å². The number of aliphatic hydroxyl groups excluding tert-OH is 1. The fourth-order valence-electron chi connectivity index (χ4n) is 2.23. The summed E-state index contributed by atoms with van der Waals surface area (Å²) in [5.74, 6) is -0.288. The number of aromatic nitrogens is 1. The average molecular weight is 288 g/mol. The van der Waals surface area contributed by atoms with Crippen LogP contribution in [0.2, 0.25) is 0 Å². The Kier molecular flexibility index (Phi) is 5.42. The lowest BCUT2D eigenvalue weighted by Gasteiger charge is -2.18. The standard InChI is InChI=1S/C17H21FN2O/c1-12(20-11-15-4-3-9-19-13(15)2)10-17(21)14-5-7-16(18)8-6-14/h3-9,12,17,20-21H,10-11H2,1-2H3/t12-,17+/m1/s1. The predicted molar refractivity (Wildman–Crippen MR) is 81.3 cm³/mol. The number of rotatable bonds is 6. The Morgan fingerprint density at radius 1 is 1.24 bits per heavy atom. The van der Waals surface area contributed by atoms with Crippen LogP contribution in [0.3, 0.4) is 0 Å². The van der Waals surface area contributed by atoms with Crippen molar-refractivity contribution in [1.29, 1.82) is 0 Å². The van der Waals surface area contributed by atoms with E-state index in [2.05, 4.69) is 10.3 Å². The monoisotopic (exact) mass is 288 g/mol. The lowest BCUT2D eigenvalue weighted by Crippen LogP contribution is -2.27. The largest absolute Gasteiger partial charge is 0.388 e. The Balaban J connectivity index is 1.85. The molecular formula is C17H21FN2O. The van der Waals surface area contributed by atoms with Gasteiger partial charge in [0.15, 0.2) is 0 Å². The molecule has 0 saturated carbocycles. The third-order valence-electron chi connectivity index (χ3n) is 3.59. The first-order valence-corrected chi connectivity index (χ1v) is 7.13. The molecule has 3 nitrogen and oxygen atoms in total. The van der Waals surface area contributed by atoms with Gasteiger partial charge in [0.2, 0.25) is 0 Å². The first kappa shape index (κ1) is 15.6.